The minimum Gasteiger partial charge on any atom is -0.495 e. The van der Waals surface area contributed by atoms with E-state index in [1.54, 1.807) is 13.2 Å². The van der Waals surface area contributed by atoms with Crippen LogP contribution in [0.3, 0.4) is 0 Å². The van der Waals surface area contributed by atoms with Crippen molar-refractivity contribution in [2.45, 2.75) is 39.8 Å². The summed E-state index contributed by atoms with van der Waals surface area (Å²) in [4.78, 5) is 31.4. The third-order valence-electron chi connectivity index (χ3n) is 6.62. The molecule has 0 radical (unpaired) electrons. The van der Waals surface area contributed by atoms with E-state index < -0.39 is 0 Å². The fraction of sp³-hybridized carbons (Fsp3) is 0.429. The van der Waals surface area contributed by atoms with E-state index in [2.05, 4.69) is 16.4 Å². The van der Waals surface area contributed by atoms with Gasteiger partial charge in [-0.3, -0.25) is 9.59 Å². The van der Waals surface area contributed by atoms with Gasteiger partial charge in [0.15, 0.2) is 5.76 Å². The zero-order valence-electron chi connectivity index (χ0n) is 21.5. The fourth-order valence-electron chi connectivity index (χ4n) is 4.67. The van der Waals surface area contributed by atoms with E-state index in [4.69, 9.17) is 9.15 Å². The number of aromatic nitrogens is 1. The molecule has 0 atom stereocenters. The van der Waals surface area contributed by atoms with Crippen molar-refractivity contribution < 1.29 is 18.7 Å². The Labute approximate surface area is 213 Å². The fourth-order valence-corrected chi connectivity index (χ4v) is 4.67. The molecule has 3 heterocycles. The highest BCUT2D eigenvalue weighted by Gasteiger charge is 2.25. The molecular formula is C28H36N4O4. The number of carbonyl (C=O) groups excluding carboxylic acids is 2. The molecule has 1 aromatic carbocycles. The molecule has 0 saturated carbocycles. The van der Waals surface area contributed by atoms with E-state index in [0.29, 0.717) is 44.1 Å². The van der Waals surface area contributed by atoms with Crippen LogP contribution in [0.4, 0.5) is 5.69 Å². The van der Waals surface area contributed by atoms with E-state index in [9.17, 15) is 9.59 Å². The van der Waals surface area contributed by atoms with Crippen molar-refractivity contribution in [1.82, 2.24) is 14.4 Å². The van der Waals surface area contributed by atoms with Crippen LogP contribution in [0.2, 0.25) is 0 Å². The third kappa shape index (κ3) is 5.75. The predicted molar refractivity (Wildman–Crippen MR) is 139 cm³/mol. The lowest BCUT2D eigenvalue weighted by Gasteiger charge is -2.36. The number of nitrogens with zero attached hydrogens (tertiary/aromatic N) is 4. The summed E-state index contributed by atoms with van der Waals surface area (Å²) < 4.78 is 13.5. The summed E-state index contributed by atoms with van der Waals surface area (Å²) in [5.41, 5.74) is 2.09. The first kappa shape index (κ1) is 25.4. The van der Waals surface area contributed by atoms with Crippen LogP contribution in [0.5, 0.6) is 5.75 Å². The number of piperazine rings is 1. The van der Waals surface area contributed by atoms with Crippen LogP contribution >= 0.6 is 0 Å². The van der Waals surface area contributed by atoms with Crippen LogP contribution in [0.1, 0.15) is 48.7 Å². The predicted octanol–water partition coefficient (Wildman–Crippen LogP) is 4.25. The smallest absolute Gasteiger partial charge is 0.289 e. The number of hydrogen-bond donors (Lipinski definition) is 0. The van der Waals surface area contributed by atoms with Crippen molar-refractivity contribution in [3.8, 4) is 5.75 Å². The average molecular weight is 493 g/mol. The molecule has 2 amide bonds. The van der Waals surface area contributed by atoms with Crippen LogP contribution in [0.25, 0.3) is 0 Å². The van der Waals surface area contributed by atoms with Gasteiger partial charge in [-0.05, 0) is 42.8 Å². The van der Waals surface area contributed by atoms with Crippen LogP contribution in [0, 0.1) is 0 Å². The van der Waals surface area contributed by atoms with Crippen molar-refractivity contribution in [2.24, 2.45) is 0 Å². The highest BCUT2D eigenvalue weighted by Crippen LogP contribution is 2.28. The third-order valence-corrected chi connectivity index (χ3v) is 6.62. The van der Waals surface area contributed by atoms with E-state index >= 15 is 0 Å². The van der Waals surface area contributed by atoms with Gasteiger partial charge in [-0.1, -0.05) is 26.0 Å². The summed E-state index contributed by atoms with van der Waals surface area (Å²) in [5.74, 6) is 1.98. The average Bonchev–Trinajstić information content (AvgIpc) is 3.57. The first-order chi connectivity index (χ1) is 17.5. The molecule has 8 nitrogen and oxygen atoms in total. The minimum atomic E-state index is -0.0867. The van der Waals surface area contributed by atoms with E-state index in [1.165, 1.54) is 0 Å². The number of para-hydroxylation sites is 2. The molecule has 0 unspecified atom stereocenters. The lowest BCUT2D eigenvalue weighted by Crippen LogP contribution is -2.48. The number of benzene rings is 1. The Balaban J connectivity index is 1.36. The first-order valence-electron chi connectivity index (χ1n) is 12.7. The Morgan fingerprint density at radius 3 is 2.50 bits per heavy atom. The molecule has 1 fully saturated rings. The maximum absolute atomic E-state index is 13.1. The molecule has 1 aliphatic heterocycles. The summed E-state index contributed by atoms with van der Waals surface area (Å²) in [7, 11) is 1.68. The Hall–Kier alpha value is -3.68. The number of amides is 2. The lowest BCUT2D eigenvalue weighted by atomic mass is 10.2. The number of rotatable bonds is 10. The SMILES string of the molecule is CCCN(Cc1cccn1Cc1ccc(C(=O)N2CCN(c3ccccc3OC)CC2)o1)C(=O)CC. The normalized spacial score (nSPS) is 13.6. The number of ether oxygens (including phenoxy) is 1. The second-order valence-electron chi connectivity index (χ2n) is 9.01. The van der Waals surface area contributed by atoms with Gasteiger partial charge in [-0.25, -0.2) is 0 Å². The summed E-state index contributed by atoms with van der Waals surface area (Å²) in [6, 6.07) is 15.6. The van der Waals surface area contributed by atoms with Crippen LogP contribution in [-0.4, -0.2) is 66.0 Å². The number of anilines is 1. The van der Waals surface area contributed by atoms with Gasteiger partial charge in [-0.2, -0.15) is 0 Å². The molecule has 0 N–H and O–H groups in total. The molecule has 4 rings (SSSR count). The van der Waals surface area contributed by atoms with Gasteiger partial charge in [0, 0.05) is 51.0 Å². The molecule has 0 aliphatic carbocycles. The van der Waals surface area contributed by atoms with Gasteiger partial charge in [0.05, 0.1) is 25.9 Å². The van der Waals surface area contributed by atoms with Crippen molar-refractivity contribution in [3.05, 3.63) is 71.9 Å². The lowest BCUT2D eigenvalue weighted by molar-refractivity contribution is -0.131. The highest BCUT2D eigenvalue weighted by atomic mass is 16.5. The molecule has 2 aromatic heterocycles. The number of carbonyl (C=O) groups is 2. The zero-order valence-corrected chi connectivity index (χ0v) is 21.5. The van der Waals surface area contributed by atoms with E-state index in [-0.39, 0.29) is 11.8 Å². The Kier molecular flexibility index (Phi) is 8.36. The van der Waals surface area contributed by atoms with Crippen LogP contribution in [-0.2, 0) is 17.9 Å². The monoisotopic (exact) mass is 492 g/mol. The highest BCUT2D eigenvalue weighted by molar-refractivity contribution is 5.91. The summed E-state index contributed by atoms with van der Waals surface area (Å²) >= 11 is 0. The Morgan fingerprint density at radius 2 is 1.78 bits per heavy atom. The van der Waals surface area contributed by atoms with E-state index in [0.717, 1.165) is 43.2 Å². The number of furan rings is 1. The zero-order chi connectivity index (χ0) is 25.5. The van der Waals surface area contributed by atoms with Crippen LogP contribution < -0.4 is 9.64 Å². The van der Waals surface area contributed by atoms with Gasteiger partial charge in [0.2, 0.25) is 5.91 Å². The second-order valence-corrected chi connectivity index (χ2v) is 9.01. The molecule has 3 aromatic rings. The number of hydrogen-bond acceptors (Lipinski definition) is 5. The standard InChI is InChI=1S/C28H36N4O4/c1-4-14-32(27(33)5-2)20-22-9-8-15-31(22)21-23-12-13-26(36-23)28(34)30-18-16-29(17-19-30)24-10-6-7-11-25(24)35-3/h6-13,15H,4-5,14,16-21H2,1-3H3. The van der Waals surface area contributed by atoms with Crippen LogP contribution in [0.15, 0.2) is 59.1 Å². The molecule has 192 valence electrons. The van der Waals surface area contributed by atoms with Gasteiger partial charge >= 0.3 is 0 Å². The molecule has 8 heteroatoms. The summed E-state index contributed by atoms with van der Waals surface area (Å²) in [6.07, 6.45) is 3.40. The quantitative estimate of drug-likeness (QED) is 0.423. The molecule has 0 spiro atoms. The largest absolute Gasteiger partial charge is 0.495 e. The van der Waals surface area contributed by atoms with Crippen molar-refractivity contribution >= 4 is 17.5 Å². The van der Waals surface area contributed by atoms with Crippen molar-refractivity contribution in [1.29, 1.82) is 0 Å². The van der Waals surface area contributed by atoms with Crippen molar-refractivity contribution in [3.63, 3.8) is 0 Å². The molecule has 1 saturated heterocycles. The van der Waals surface area contributed by atoms with Gasteiger partial charge in [-0.15, -0.1) is 0 Å². The maximum Gasteiger partial charge on any atom is 0.289 e. The molecule has 1 aliphatic rings. The Bertz CT molecular complexity index is 1160. The van der Waals surface area contributed by atoms with Gasteiger partial charge in [0.25, 0.3) is 5.91 Å². The Morgan fingerprint density at radius 1 is 1.00 bits per heavy atom. The topological polar surface area (TPSA) is 71.2 Å². The maximum atomic E-state index is 13.1. The van der Waals surface area contributed by atoms with E-state index in [1.807, 2.05) is 65.4 Å². The van der Waals surface area contributed by atoms with Gasteiger partial charge in [0.1, 0.15) is 11.5 Å². The van der Waals surface area contributed by atoms with Crippen molar-refractivity contribution in [2.75, 3.05) is 44.7 Å². The first-order valence-corrected chi connectivity index (χ1v) is 12.7. The number of methoxy groups -OCH3 is 1. The minimum absolute atomic E-state index is 0.0867. The summed E-state index contributed by atoms with van der Waals surface area (Å²) in [6.45, 7) is 8.49. The molecule has 36 heavy (non-hydrogen) atoms. The summed E-state index contributed by atoms with van der Waals surface area (Å²) in [5, 5.41) is 0. The van der Waals surface area contributed by atoms with Gasteiger partial charge < -0.3 is 28.4 Å². The molecular weight excluding hydrogens is 456 g/mol. The second kappa shape index (κ2) is 11.8. The molecule has 0 bridgehead atoms.